The van der Waals surface area contributed by atoms with Crippen molar-refractivity contribution in [3.8, 4) is 5.75 Å². The third-order valence-electron chi connectivity index (χ3n) is 4.23. The Balaban J connectivity index is 1.88. The molecule has 6 nitrogen and oxygen atoms in total. The van der Waals surface area contributed by atoms with Gasteiger partial charge >= 0.3 is 0 Å². The van der Waals surface area contributed by atoms with Gasteiger partial charge in [0.15, 0.2) is 11.4 Å². The van der Waals surface area contributed by atoms with Crippen LogP contribution in [0.1, 0.15) is 32.0 Å². The smallest absolute Gasteiger partial charge is 0.274 e. The average Bonchev–Trinajstić information content (AvgIpc) is 2.90. The highest BCUT2D eigenvalue weighted by Gasteiger charge is 2.31. The lowest BCUT2D eigenvalue weighted by molar-refractivity contribution is 0.0687. The standard InChI is InChI=1S/C17H18ClN3O3/c1-10-3-4-11(7-13(10)18)8-21-6-5-20-9-12(16(23)19-2)15(22)14(20)17(21)24/h3-4,7,9,22H,5-6,8H2,1-2H3,(H,19,23). The second-order valence-electron chi connectivity index (χ2n) is 5.82. The lowest BCUT2D eigenvalue weighted by Gasteiger charge is -2.28. The molecule has 126 valence electrons. The maximum Gasteiger partial charge on any atom is 0.274 e. The maximum atomic E-state index is 12.7. The van der Waals surface area contributed by atoms with Gasteiger partial charge < -0.3 is 19.9 Å². The van der Waals surface area contributed by atoms with E-state index in [0.717, 1.165) is 11.1 Å². The summed E-state index contributed by atoms with van der Waals surface area (Å²) in [6.45, 7) is 3.34. The first-order chi connectivity index (χ1) is 11.4. The van der Waals surface area contributed by atoms with Crippen LogP contribution < -0.4 is 5.32 Å². The van der Waals surface area contributed by atoms with Gasteiger partial charge in [0.2, 0.25) is 0 Å². The van der Waals surface area contributed by atoms with Gasteiger partial charge in [-0.3, -0.25) is 9.59 Å². The van der Waals surface area contributed by atoms with Gasteiger partial charge in [0.05, 0.1) is 5.56 Å². The van der Waals surface area contributed by atoms with E-state index in [4.69, 9.17) is 11.6 Å². The second-order valence-corrected chi connectivity index (χ2v) is 6.23. The van der Waals surface area contributed by atoms with Crippen LogP contribution in [0.5, 0.6) is 5.75 Å². The number of aryl methyl sites for hydroxylation is 1. The minimum absolute atomic E-state index is 0.112. The van der Waals surface area contributed by atoms with Crippen molar-refractivity contribution in [3.05, 3.63) is 51.8 Å². The molecule has 7 heteroatoms. The fourth-order valence-corrected chi connectivity index (χ4v) is 3.04. The zero-order valence-corrected chi connectivity index (χ0v) is 14.2. The van der Waals surface area contributed by atoms with E-state index in [-0.39, 0.29) is 22.9 Å². The summed E-state index contributed by atoms with van der Waals surface area (Å²) in [5.74, 6) is -0.990. The van der Waals surface area contributed by atoms with Crippen molar-refractivity contribution in [1.29, 1.82) is 0 Å². The number of aromatic nitrogens is 1. The van der Waals surface area contributed by atoms with Crippen molar-refractivity contribution in [2.45, 2.75) is 20.0 Å². The SMILES string of the molecule is CNC(=O)c1cn2c(c1O)C(=O)N(Cc1ccc(C)c(Cl)c1)CC2. The van der Waals surface area contributed by atoms with Crippen molar-refractivity contribution in [2.75, 3.05) is 13.6 Å². The van der Waals surface area contributed by atoms with Crippen molar-refractivity contribution in [2.24, 2.45) is 0 Å². The molecule has 0 fully saturated rings. The average molecular weight is 348 g/mol. The zero-order chi connectivity index (χ0) is 17.4. The Kier molecular flexibility index (Phi) is 4.24. The molecule has 24 heavy (non-hydrogen) atoms. The molecule has 0 bridgehead atoms. The van der Waals surface area contributed by atoms with Gasteiger partial charge in [-0.2, -0.15) is 0 Å². The zero-order valence-electron chi connectivity index (χ0n) is 13.5. The van der Waals surface area contributed by atoms with Crippen LogP contribution in [-0.2, 0) is 13.1 Å². The van der Waals surface area contributed by atoms with Gasteiger partial charge in [0.25, 0.3) is 11.8 Å². The molecular weight excluding hydrogens is 330 g/mol. The van der Waals surface area contributed by atoms with Crippen molar-refractivity contribution >= 4 is 23.4 Å². The van der Waals surface area contributed by atoms with Gasteiger partial charge in [-0.25, -0.2) is 0 Å². The third-order valence-corrected chi connectivity index (χ3v) is 4.64. The van der Waals surface area contributed by atoms with Crippen LogP contribution in [0.15, 0.2) is 24.4 Å². The van der Waals surface area contributed by atoms with E-state index in [2.05, 4.69) is 5.32 Å². The van der Waals surface area contributed by atoms with Crippen LogP contribution in [0.4, 0.5) is 0 Å². The molecule has 1 aromatic heterocycles. The first kappa shape index (κ1) is 16.4. The molecule has 1 aliphatic heterocycles. The number of benzene rings is 1. The highest BCUT2D eigenvalue weighted by molar-refractivity contribution is 6.31. The number of hydrogen-bond donors (Lipinski definition) is 2. The van der Waals surface area contributed by atoms with Gasteiger partial charge in [0.1, 0.15) is 0 Å². The van der Waals surface area contributed by atoms with Crippen LogP contribution in [0.3, 0.4) is 0 Å². The Bertz CT molecular complexity index is 829. The number of carbonyl (C=O) groups excluding carboxylic acids is 2. The van der Waals surface area contributed by atoms with E-state index in [9.17, 15) is 14.7 Å². The molecule has 3 rings (SSSR count). The minimum Gasteiger partial charge on any atom is -0.505 e. The number of halogens is 1. The fraction of sp³-hybridized carbons (Fsp3) is 0.294. The summed E-state index contributed by atoms with van der Waals surface area (Å²) in [6.07, 6.45) is 1.52. The predicted molar refractivity (Wildman–Crippen MR) is 90.4 cm³/mol. The molecule has 0 spiro atoms. The van der Waals surface area contributed by atoms with Crippen LogP contribution in [0.2, 0.25) is 5.02 Å². The molecular formula is C17H18ClN3O3. The number of nitrogens with one attached hydrogen (secondary N) is 1. The Morgan fingerprint density at radius 1 is 1.38 bits per heavy atom. The Labute approximate surface area is 144 Å². The Morgan fingerprint density at radius 3 is 2.79 bits per heavy atom. The Hall–Kier alpha value is -2.47. The maximum absolute atomic E-state index is 12.7. The summed E-state index contributed by atoms with van der Waals surface area (Å²) >= 11 is 6.14. The number of aromatic hydroxyl groups is 1. The van der Waals surface area contributed by atoms with Gasteiger partial charge in [-0.1, -0.05) is 23.7 Å². The van der Waals surface area contributed by atoms with E-state index >= 15 is 0 Å². The lowest BCUT2D eigenvalue weighted by atomic mass is 10.1. The summed E-state index contributed by atoms with van der Waals surface area (Å²) < 4.78 is 1.63. The van der Waals surface area contributed by atoms with E-state index < -0.39 is 5.91 Å². The molecule has 1 aromatic carbocycles. The van der Waals surface area contributed by atoms with Gasteiger partial charge in [0, 0.05) is 37.9 Å². The first-order valence-corrected chi connectivity index (χ1v) is 7.98. The summed E-state index contributed by atoms with van der Waals surface area (Å²) in [4.78, 5) is 26.1. The third kappa shape index (κ3) is 2.73. The molecule has 2 amide bonds. The molecule has 0 unspecified atom stereocenters. The number of carbonyl (C=O) groups is 2. The lowest BCUT2D eigenvalue weighted by Crippen LogP contribution is -2.39. The normalized spacial score (nSPS) is 13.8. The molecule has 2 heterocycles. The number of rotatable bonds is 3. The van der Waals surface area contributed by atoms with E-state index in [1.165, 1.54) is 13.2 Å². The monoisotopic (exact) mass is 347 g/mol. The van der Waals surface area contributed by atoms with Gasteiger partial charge in [-0.05, 0) is 24.1 Å². The fourth-order valence-electron chi connectivity index (χ4n) is 2.83. The minimum atomic E-state index is -0.418. The largest absolute Gasteiger partial charge is 0.505 e. The van der Waals surface area contributed by atoms with Crippen LogP contribution in [0, 0.1) is 6.92 Å². The number of nitrogens with zero attached hydrogens (tertiary/aromatic N) is 2. The molecule has 0 radical (unpaired) electrons. The Morgan fingerprint density at radius 2 is 2.12 bits per heavy atom. The summed E-state index contributed by atoms with van der Waals surface area (Å²) in [5.41, 5.74) is 2.16. The molecule has 2 N–H and O–H groups in total. The number of hydrogen-bond acceptors (Lipinski definition) is 3. The number of fused-ring (bicyclic) bond motifs is 1. The molecule has 2 aromatic rings. The summed E-state index contributed by atoms with van der Waals surface area (Å²) in [6, 6.07) is 5.68. The molecule has 0 aliphatic carbocycles. The van der Waals surface area contributed by atoms with Crippen molar-refractivity contribution in [3.63, 3.8) is 0 Å². The second kappa shape index (κ2) is 6.20. The van der Waals surface area contributed by atoms with E-state index in [1.807, 2.05) is 25.1 Å². The highest BCUT2D eigenvalue weighted by atomic mass is 35.5. The molecule has 0 saturated heterocycles. The topological polar surface area (TPSA) is 74.6 Å². The van der Waals surface area contributed by atoms with Crippen LogP contribution in [0.25, 0.3) is 0 Å². The highest BCUT2D eigenvalue weighted by Crippen LogP contribution is 2.29. The quantitative estimate of drug-likeness (QED) is 0.893. The van der Waals surface area contributed by atoms with E-state index in [0.29, 0.717) is 24.7 Å². The summed E-state index contributed by atoms with van der Waals surface area (Å²) in [5, 5.41) is 13.4. The first-order valence-electron chi connectivity index (χ1n) is 7.61. The van der Waals surface area contributed by atoms with Crippen molar-refractivity contribution < 1.29 is 14.7 Å². The molecule has 1 aliphatic rings. The van der Waals surface area contributed by atoms with E-state index in [1.54, 1.807) is 9.47 Å². The number of amides is 2. The van der Waals surface area contributed by atoms with Crippen LogP contribution in [-0.4, -0.2) is 40.0 Å². The molecule has 0 atom stereocenters. The molecule has 0 saturated carbocycles. The van der Waals surface area contributed by atoms with Crippen LogP contribution >= 0.6 is 11.6 Å². The summed E-state index contributed by atoms with van der Waals surface area (Å²) in [7, 11) is 1.48. The van der Waals surface area contributed by atoms with Crippen molar-refractivity contribution in [1.82, 2.24) is 14.8 Å². The predicted octanol–water partition coefficient (Wildman–Crippen LogP) is 2.17. The van der Waals surface area contributed by atoms with Gasteiger partial charge in [-0.15, -0.1) is 0 Å².